The molecule has 3 N–H and O–H groups in total. The first-order valence-corrected chi connectivity index (χ1v) is 20.9. The predicted octanol–water partition coefficient (Wildman–Crippen LogP) is 4.20. The van der Waals surface area contributed by atoms with Crippen molar-refractivity contribution >= 4 is 44.6 Å². The van der Waals surface area contributed by atoms with Crippen molar-refractivity contribution in [3.8, 4) is 11.6 Å². The molecule has 0 bridgehead atoms. The molecule has 57 heavy (non-hydrogen) atoms. The van der Waals surface area contributed by atoms with E-state index in [1.807, 2.05) is 32.1 Å². The summed E-state index contributed by atoms with van der Waals surface area (Å²) in [6.07, 6.45) is 4.52. The smallest absolute Gasteiger partial charge is 0.408 e. The minimum atomic E-state index is -4.44. The molecule has 3 fully saturated rings. The molecule has 0 spiro atoms. The number of fused-ring (bicyclic) bond motifs is 3. The Kier molecular flexibility index (Phi) is 11.6. The third kappa shape index (κ3) is 7.64. The third-order valence-electron chi connectivity index (χ3n) is 12.2. The van der Waals surface area contributed by atoms with Crippen LogP contribution in [0.25, 0.3) is 10.8 Å². The lowest BCUT2D eigenvalue weighted by atomic mass is 9.86. The van der Waals surface area contributed by atoms with Crippen LogP contribution in [0.2, 0.25) is 0 Å². The monoisotopic (exact) mass is 815 g/mol. The van der Waals surface area contributed by atoms with Gasteiger partial charge in [-0.15, -0.1) is 0 Å². The number of pyridine rings is 1. The number of methoxy groups -OCH3 is 2. The van der Waals surface area contributed by atoms with Crippen LogP contribution in [-0.2, 0) is 29.1 Å². The first kappa shape index (κ1) is 42.1. The van der Waals surface area contributed by atoms with Crippen molar-refractivity contribution in [3.05, 3.63) is 42.6 Å². The van der Waals surface area contributed by atoms with Crippen molar-refractivity contribution in [2.45, 2.75) is 113 Å². The van der Waals surface area contributed by atoms with Gasteiger partial charge in [-0.1, -0.05) is 44.2 Å². The number of amides is 4. The number of alkyl halides is 1. The molecule has 4 amide bonds. The molecule has 15 nitrogen and oxygen atoms in total. The maximum atomic E-state index is 15.2. The zero-order chi connectivity index (χ0) is 41.7. The summed E-state index contributed by atoms with van der Waals surface area (Å²) in [4.78, 5) is 64.0. The van der Waals surface area contributed by atoms with E-state index in [1.54, 1.807) is 39.0 Å². The molecule has 1 unspecified atom stereocenters. The van der Waals surface area contributed by atoms with Gasteiger partial charge in [0.2, 0.25) is 27.7 Å². The second-order valence-corrected chi connectivity index (χ2v) is 18.8. The predicted molar refractivity (Wildman–Crippen MR) is 208 cm³/mol. The number of nitrogens with one attached hydrogen (secondary N) is 2. The zero-order valence-electron chi connectivity index (χ0n) is 33.5. The Morgan fingerprint density at radius 3 is 2.44 bits per heavy atom. The third-order valence-corrected chi connectivity index (χ3v) is 14.3. The average Bonchev–Trinajstić information content (AvgIpc) is 4.07. The first-order chi connectivity index (χ1) is 26.9. The van der Waals surface area contributed by atoms with Crippen LogP contribution in [0.1, 0.15) is 73.1 Å². The fourth-order valence-corrected chi connectivity index (χ4v) is 10.2. The van der Waals surface area contributed by atoms with Gasteiger partial charge in [0, 0.05) is 29.8 Å². The SMILES string of the molecule is COc1cnc(O[C@]2(C)CN3C(=O)[C@@H](N(C(=O)O)C(C)C)[C@H](C)C[C@@H](C)CC/C=C\[C@@H]4C[C@@]4(C(=O)NS(=O)(=O)C4(CF)CC4)NC(=O)[C@@H]3C2OC)c2ccccc12. The second-order valence-electron chi connectivity index (χ2n) is 16.7. The largest absolute Gasteiger partial charge is 0.494 e. The number of aromatic nitrogens is 1. The molecule has 17 heteroatoms. The van der Waals surface area contributed by atoms with Gasteiger partial charge in [0.25, 0.3) is 5.91 Å². The Morgan fingerprint density at radius 1 is 1.16 bits per heavy atom. The summed E-state index contributed by atoms with van der Waals surface area (Å²) in [5.41, 5.74) is -3.24. The van der Waals surface area contributed by atoms with Crippen LogP contribution in [0, 0.1) is 17.8 Å². The molecule has 3 heterocycles. The van der Waals surface area contributed by atoms with E-state index in [1.165, 1.54) is 25.3 Å². The van der Waals surface area contributed by atoms with Gasteiger partial charge >= 0.3 is 6.09 Å². The Labute approximate surface area is 332 Å². The summed E-state index contributed by atoms with van der Waals surface area (Å²) >= 11 is 0. The van der Waals surface area contributed by atoms with Crippen molar-refractivity contribution in [1.82, 2.24) is 24.8 Å². The molecular formula is C40H54FN5O10S. The lowest BCUT2D eigenvalue weighted by Gasteiger charge is -2.39. The van der Waals surface area contributed by atoms with Gasteiger partial charge in [-0.25, -0.2) is 22.6 Å². The number of ether oxygens (including phenoxy) is 3. The molecule has 4 aliphatic rings. The van der Waals surface area contributed by atoms with Gasteiger partial charge in [0.1, 0.15) is 40.9 Å². The molecule has 6 rings (SSSR count). The zero-order valence-corrected chi connectivity index (χ0v) is 34.3. The fourth-order valence-electron chi connectivity index (χ4n) is 8.79. The van der Waals surface area contributed by atoms with Gasteiger partial charge in [-0.05, 0) is 77.2 Å². The molecule has 8 atom stereocenters. The standard InChI is InChI=1S/C40H54FN5O10S/c1-23(2)46(37(50)51)30-25(4)18-24(3)12-8-9-13-26-19-40(26,36(49)44-57(52,53)39(21-41)16-17-39)43-33(47)31-32(55-7)38(5,22-45(31)35(30)48)56-34-28-15-11-10-14-27(28)29(54-6)20-42-34/h9-11,13-15,20,23-26,30-32H,8,12,16-19,21-22H2,1-7H3,(H,43,47)(H,44,49)(H,50,51)/b13-9-/t24-,25+,26+,30-,31-,32?,38+,40+/m0/s1. The highest BCUT2D eigenvalue weighted by Crippen LogP contribution is 2.48. The van der Waals surface area contributed by atoms with Gasteiger partial charge in [-0.3, -0.25) is 24.0 Å². The summed E-state index contributed by atoms with van der Waals surface area (Å²) in [6, 6.07) is 3.90. The summed E-state index contributed by atoms with van der Waals surface area (Å²) in [5, 5.41) is 14.6. The second kappa shape index (κ2) is 15.7. The molecule has 2 aromatic rings. The van der Waals surface area contributed by atoms with Crippen LogP contribution in [-0.4, -0.2) is 120 Å². The Balaban J connectivity index is 1.46. The number of hydrogen-bond acceptors (Lipinski definition) is 10. The van der Waals surface area contributed by atoms with E-state index in [9.17, 15) is 32.3 Å². The number of rotatable bonds is 10. The topological polar surface area (TPSA) is 194 Å². The first-order valence-electron chi connectivity index (χ1n) is 19.5. The van der Waals surface area contributed by atoms with Crippen LogP contribution < -0.4 is 19.5 Å². The lowest BCUT2D eigenvalue weighted by Crippen LogP contribution is -2.62. The molecule has 0 radical (unpaired) electrons. The average molecular weight is 816 g/mol. The molecule has 1 aromatic heterocycles. The number of benzene rings is 1. The number of hydrogen-bond donors (Lipinski definition) is 3. The Hall–Kier alpha value is -4.51. The van der Waals surface area contributed by atoms with E-state index in [0.29, 0.717) is 35.8 Å². The minimum Gasteiger partial charge on any atom is -0.494 e. The number of carboxylic acid groups (broad SMARTS) is 1. The van der Waals surface area contributed by atoms with Gasteiger partial charge in [-0.2, -0.15) is 0 Å². The van der Waals surface area contributed by atoms with E-state index in [-0.39, 0.29) is 37.6 Å². The highest BCUT2D eigenvalue weighted by atomic mass is 32.2. The molecule has 1 aromatic carbocycles. The van der Waals surface area contributed by atoms with Crippen LogP contribution in [0.15, 0.2) is 42.6 Å². The van der Waals surface area contributed by atoms with Crippen molar-refractivity contribution in [2.24, 2.45) is 17.8 Å². The molecular weight excluding hydrogens is 762 g/mol. The van der Waals surface area contributed by atoms with Crippen LogP contribution >= 0.6 is 0 Å². The Bertz CT molecular complexity index is 2040. The lowest BCUT2D eigenvalue weighted by molar-refractivity contribution is -0.147. The van der Waals surface area contributed by atoms with Crippen molar-refractivity contribution in [2.75, 3.05) is 27.4 Å². The van der Waals surface area contributed by atoms with E-state index < -0.39 is 92.5 Å². The summed E-state index contributed by atoms with van der Waals surface area (Å²) < 4.78 is 59.1. The number of sulfonamides is 1. The van der Waals surface area contributed by atoms with E-state index in [4.69, 9.17) is 14.2 Å². The van der Waals surface area contributed by atoms with Crippen molar-refractivity contribution in [3.63, 3.8) is 0 Å². The van der Waals surface area contributed by atoms with E-state index >= 15 is 4.79 Å². The number of halogens is 1. The normalized spacial score (nSPS) is 31.9. The molecule has 2 saturated carbocycles. The number of carbonyl (C=O) groups is 4. The molecule has 2 aliphatic carbocycles. The van der Waals surface area contributed by atoms with E-state index in [0.717, 1.165) is 4.90 Å². The Morgan fingerprint density at radius 2 is 1.84 bits per heavy atom. The number of nitrogens with zero attached hydrogens (tertiary/aromatic N) is 3. The quantitative estimate of drug-likeness (QED) is 0.291. The fraction of sp³-hybridized carbons (Fsp3) is 0.625. The number of carbonyl (C=O) groups excluding carboxylic acids is 3. The highest BCUT2D eigenvalue weighted by Gasteiger charge is 2.66. The van der Waals surface area contributed by atoms with Crippen LogP contribution in [0.5, 0.6) is 11.6 Å². The van der Waals surface area contributed by atoms with Gasteiger partial charge < -0.3 is 29.5 Å². The van der Waals surface area contributed by atoms with Crippen molar-refractivity contribution in [1.29, 1.82) is 0 Å². The van der Waals surface area contributed by atoms with Gasteiger partial charge in [0.05, 0.1) is 19.9 Å². The minimum absolute atomic E-state index is 0.0441. The molecule has 2 aliphatic heterocycles. The maximum absolute atomic E-state index is 15.2. The van der Waals surface area contributed by atoms with E-state index in [2.05, 4.69) is 15.0 Å². The van der Waals surface area contributed by atoms with Crippen LogP contribution in [0.3, 0.4) is 0 Å². The maximum Gasteiger partial charge on any atom is 0.408 e. The summed E-state index contributed by atoms with van der Waals surface area (Å²) in [5.74, 6) is -2.92. The highest BCUT2D eigenvalue weighted by molar-refractivity contribution is 7.91. The van der Waals surface area contributed by atoms with Crippen molar-refractivity contribution < 1.29 is 51.3 Å². The number of allylic oxidation sites excluding steroid dienone is 1. The van der Waals surface area contributed by atoms with Crippen LogP contribution in [0.4, 0.5) is 9.18 Å². The summed E-state index contributed by atoms with van der Waals surface area (Å²) in [6.45, 7) is 7.44. The molecule has 312 valence electrons. The van der Waals surface area contributed by atoms with Gasteiger partial charge in [0.15, 0.2) is 5.60 Å². The summed E-state index contributed by atoms with van der Waals surface area (Å²) in [7, 11) is -1.57. The molecule has 1 saturated heterocycles.